The topological polar surface area (TPSA) is 59.1 Å². The van der Waals surface area contributed by atoms with E-state index in [0.29, 0.717) is 23.3 Å². The van der Waals surface area contributed by atoms with Crippen molar-refractivity contribution in [1.29, 1.82) is 0 Å². The lowest BCUT2D eigenvalue weighted by molar-refractivity contribution is 0.292. The molecule has 5 nitrogen and oxygen atoms in total. The van der Waals surface area contributed by atoms with Gasteiger partial charge in [-0.2, -0.15) is 4.98 Å². The molecule has 1 aromatic heterocycles. The van der Waals surface area contributed by atoms with E-state index in [4.69, 9.17) is 40.2 Å². The minimum atomic E-state index is -0.00827. The Morgan fingerprint density at radius 1 is 0.969 bits per heavy atom. The van der Waals surface area contributed by atoms with Crippen molar-refractivity contribution in [2.24, 2.45) is 0 Å². The molecule has 2 N–H and O–H groups in total. The summed E-state index contributed by atoms with van der Waals surface area (Å²) in [5.41, 5.74) is 1.24. The van der Waals surface area contributed by atoms with Crippen LogP contribution in [0.4, 0.5) is 5.95 Å². The third-order valence-corrected chi connectivity index (χ3v) is 6.37. The van der Waals surface area contributed by atoms with Gasteiger partial charge in [0.2, 0.25) is 11.8 Å². The number of anilines is 1. The number of para-hydroxylation sites is 1. The number of rotatable bonds is 6. The van der Waals surface area contributed by atoms with Crippen molar-refractivity contribution in [1.82, 2.24) is 15.3 Å². The van der Waals surface area contributed by atoms with Gasteiger partial charge in [0.05, 0.1) is 0 Å². The first-order valence-electron chi connectivity index (χ1n) is 10.6. The van der Waals surface area contributed by atoms with Gasteiger partial charge < -0.3 is 15.4 Å². The number of aromatic nitrogens is 2. The van der Waals surface area contributed by atoms with Crippen molar-refractivity contribution >= 4 is 46.5 Å². The lowest BCUT2D eigenvalue weighted by atomic mass is 9.69. The van der Waals surface area contributed by atoms with Crippen molar-refractivity contribution in [2.45, 2.75) is 37.5 Å². The Kier molecular flexibility index (Phi) is 7.45. The average molecular weight is 487 g/mol. The van der Waals surface area contributed by atoms with E-state index in [-0.39, 0.29) is 16.5 Å². The van der Waals surface area contributed by atoms with Gasteiger partial charge in [-0.1, -0.05) is 72.8 Å². The number of hydrogen-bond donors (Lipinski definition) is 2. The average Bonchev–Trinajstić information content (AvgIpc) is 2.79. The lowest BCUT2D eigenvalue weighted by Gasteiger charge is -2.38. The molecule has 0 amide bonds. The van der Waals surface area contributed by atoms with E-state index in [1.807, 2.05) is 42.5 Å². The van der Waals surface area contributed by atoms with E-state index in [9.17, 15) is 0 Å². The highest BCUT2D eigenvalue weighted by Crippen LogP contribution is 2.39. The summed E-state index contributed by atoms with van der Waals surface area (Å²) >= 11 is 18.0. The number of thiocarbonyl (C=S) groups is 1. The van der Waals surface area contributed by atoms with Gasteiger partial charge in [0, 0.05) is 23.0 Å². The smallest absolute Gasteiger partial charge is 0.233 e. The molecule has 0 bridgehead atoms. The van der Waals surface area contributed by atoms with Gasteiger partial charge in [0.15, 0.2) is 5.11 Å². The third kappa shape index (κ3) is 5.88. The molecule has 3 aromatic rings. The summed E-state index contributed by atoms with van der Waals surface area (Å²) in [5, 5.41) is 7.85. The van der Waals surface area contributed by atoms with Crippen LogP contribution >= 0.6 is 35.4 Å². The number of benzene rings is 2. The second-order valence-electron chi connectivity index (χ2n) is 7.93. The molecule has 1 fully saturated rings. The Hall–Kier alpha value is -2.41. The maximum atomic E-state index is 6.28. The molecule has 4 rings (SSSR count). The number of nitrogens with zero attached hydrogens (tertiary/aromatic N) is 2. The van der Waals surface area contributed by atoms with Crippen molar-refractivity contribution < 1.29 is 4.74 Å². The maximum Gasteiger partial charge on any atom is 0.233 e. The molecule has 0 spiro atoms. The first kappa shape index (κ1) is 22.8. The molecule has 1 saturated carbocycles. The third-order valence-electron chi connectivity index (χ3n) is 5.70. The predicted octanol–water partition coefficient (Wildman–Crippen LogP) is 6.76. The minimum Gasteiger partial charge on any atom is -0.439 e. The Morgan fingerprint density at radius 3 is 2.50 bits per heavy atom. The van der Waals surface area contributed by atoms with Crippen molar-refractivity contribution in [3.8, 4) is 11.6 Å². The predicted molar refractivity (Wildman–Crippen MR) is 134 cm³/mol. The highest BCUT2D eigenvalue weighted by molar-refractivity contribution is 7.80. The molecule has 1 aliphatic carbocycles. The zero-order valence-electron chi connectivity index (χ0n) is 17.5. The fourth-order valence-corrected chi connectivity index (χ4v) is 4.65. The first-order chi connectivity index (χ1) is 15.5. The van der Waals surface area contributed by atoms with Crippen LogP contribution in [0.3, 0.4) is 0 Å². The molecule has 166 valence electrons. The maximum absolute atomic E-state index is 6.28. The second kappa shape index (κ2) is 10.5. The van der Waals surface area contributed by atoms with E-state index >= 15 is 0 Å². The van der Waals surface area contributed by atoms with E-state index in [2.05, 4.69) is 32.7 Å². The SMILES string of the molecule is S=C(NCC1(c2cccc(Cl)c2)CCCCC1)Nc1nc(Cl)cc(Oc2ccccc2)n1. The Labute approximate surface area is 203 Å². The van der Waals surface area contributed by atoms with Crippen LogP contribution in [0, 0.1) is 0 Å². The largest absolute Gasteiger partial charge is 0.439 e. The molecule has 0 aliphatic heterocycles. The molecular formula is C24H24Cl2N4OS. The van der Waals surface area contributed by atoms with Gasteiger partial charge in [-0.3, -0.25) is 0 Å². The molecule has 2 aromatic carbocycles. The molecule has 0 unspecified atom stereocenters. The standard InChI is InChI=1S/C24H24Cl2N4OS/c25-18-9-7-8-17(14-18)24(12-5-2-6-13-24)16-27-23(32)30-22-28-20(26)15-21(29-22)31-19-10-3-1-4-11-19/h1,3-4,7-11,14-15H,2,5-6,12-13,16H2,(H2,27,28,29,30,32). The second-order valence-corrected chi connectivity index (χ2v) is 9.16. The molecule has 1 aliphatic rings. The number of hydrogen-bond acceptors (Lipinski definition) is 4. The van der Waals surface area contributed by atoms with Gasteiger partial charge in [-0.15, -0.1) is 0 Å². The summed E-state index contributed by atoms with van der Waals surface area (Å²) in [5.74, 6) is 1.28. The van der Waals surface area contributed by atoms with E-state index in [1.54, 1.807) is 6.07 Å². The fourth-order valence-electron chi connectivity index (χ4n) is 4.12. The zero-order valence-corrected chi connectivity index (χ0v) is 19.8. The highest BCUT2D eigenvalue weighted by Gasteiger charge is 2.34. The number of halogens is 2. The summed E-state index contributed by atoms with van der Waals surface area (Å²) in [7, 11) is 0. The summed E-state index contributed by atoms with van der Waals surface area (Å²) in [6.07, 6.45) is 5.81. The molecule has 32 heavy (non-hydrogen) atoms. The summed E-state index contributed by atoms with van der Waals surface area (Å²) in [6.45, 7) is 0.702. The fraction of sp³-hybridized carbons (Fsp3) is 0.292. The monoisotopic (exact) mass is 486 g/mol. The molecule has 0 atom stereocenters. The van der Waals surface area contributed by atoms with Gasteiger partial charge in [-0.25, -0.2) is 4.98 Å². The zero-order chi connectivity index (χ0) is 22.4. The Morgan fingerprint density at radius 2 is 1.75 bits per heavy atom. The van der Waals surface area contributed by atoms with Gasteiger partial charge in [0.25, 0.3) is 0 Å². The highest BCUT2D eigenvalue weighted by atomic mass is 35.5. The van der Waals surface area contributed by atoms with Gasteiger partial charge in [-0.05, 0) is 54.9 Å². The number of nitrogens with one attached hydrogen (secondary N) is 2. The summed E-state index contributed by atoms with van der Waals surface area (Å²) < 4.78 is 5.77. The van der Waals surface area contributed by atoms with Crippen molar-refractivity contribution in [3.05, 3.63) is 76.4 Å². The first-order valence-corrected chi connectivity index (χ1v) is 11.8. The Balaban J connectivity index is 1.43. The molecule has 1 heterocycles. The van der Waals surface area contributed by atoms with Crippen LogP contribution in [-0.4, -0.2) is 21.6 Å². The lowest BCUT2D eigenvalue weighted by Crippen LogP contribution is -2.43. The Bertz CT molecular complexity index is 1070. The van der Waals surface area contributed by atoms with Crippen LogP contribution in [0.5, 0.6) is 11.6 Å². The van der Waals surface area contributed by atoms with E-state index < -0.39 is 0 Å². The van der Waals surface area contributed by atoms with Gasteiger partial charge in [0.1, 0.15) is 10.9 Å². The summed E-state index contributed by atoms with van der Waals surface area (Å²) in [4.78, 5) is 8.59. The van der Waals surface area contributed by atoms with Crippen LogP contribution in [0.1, 0.15) is 37.7 Å². The molecule has 0 radical (unpaired) electrons. The number of ether oxygens (including phenoxy) is 1. The van der Waals surface area contributed by atoms with Crippen molar-refractivity contribution in [3.63, 3.8) is 0 Å². The van der Waals surface area contributed by atoms with Crippen LogP contribution in [-0.2, 0) is 5.41 Å². The van der Waals surface area contributed by atoms with Crippen LogP contribution in [0.25, 0.3) is 0 Å². The molecular weight excluding hydrogens is 463 g/mol. The molecule has 8 heteroatoms. The quantitative estimate of drug-likeness (QED) is 0.296. The van der Waals surface area contributed by atoms with E-state index in [1.165, 1.54) is 24.8 Å². The van der Waals surface area contributed by atoms with Crippen LogP contribution in [0.2, 0.25) is 10.2 Å². The molecule has 0 saturated heterocycles. The van der Waals surface area contributed by atoms with Crippen LogP contribution < -0.4 is 15.4 Å². The van der Waals surface area contributed by atoms with Crippen LogP contribution in [0.15, 0.2) is 60.7 Å². The normalized spacial score (nSPS) is 15.1. The van der Waals surface area contributed by atoms with Gasteiger partial charge >= 0.3 is 0 Å². The van der Waals surface area contributed by atoms with Crippen molar-refractivity contribution in [2.75, 3.05) is 11.9 Å². The van der Waals surface area contributed by atoms with E-state index in [0.717, 1.165) is 17.9 Å². The summed E-state index contributed by atoms with van der Waals surface area (Å²) in [6, 6.07) is 19.1. The minimum absolute atomic E-state index is 0.00827.